The summed E-state index contributed by atoms with van der Waals surface area (Å²) in [5.74, 6) is -0.678. The summed E-state index contributed by atoms with van der Waals surface area (Å²) in [6.07, 6.45) is 0. The Labute approximate surface area is 211 Å². The van der Waals surface area contributed by atoms with E-state index >= 15 is 0 Å². The molecule has 0 aliphatic rings. The Hall–Kier alpha value is -3.67. The molecule has 0 aromatic heterocycles. The predicted molar refractivity (Wildman–Crippen MR) is 141 cm³/mol. The van der Waals surface area contributed by atoms with Gasteiger partial charge in [0, 0.05) is 12.1 Å². The van der Waals surface area contributed by atoms with E-state index < -0.39 is 11.9 Å². The summed E-state index contributed by atoms with van der Waals surface area (Å²) in [6, 6.07) is 26.9. The maximum absolute atomic E-state index is 12.8. The van der Waals surface area contributed by atoms with E-state index in [1.54, 1.807) is 60.7 Å². The van der Waals surface area contributed by atoms with Crippen molar-refractivity contribution in [3.05, 3.63) is 108 Å². The summed E-state index contributed by atoms with van der Waals surface area (Å²) in [7, 11) is 0. The summed E-state index contributed by atoms with van der Waals surface area (Å²) >= 11 is 0. The van der Waals surface area contributed by atoms with Gasteiger partial charge in [0.15, 0.2) is 11.5 Å². The van der Waals surface area contributed by atoms with E-state index in [0.29, 0.717) is 17.7 Å². The maximum Gasteiger partial charge on any atom is 0.343 e. The van der Waals surface area contributed by atoms with Gasteiger partial charge < -0.3 is 14.8 Å². The molecule has 4 rings (SSSR count). The van der Waals surface area contributed by atoms with E-state index in [1.807, 2.05) is 30.3 Å². The van der Waals surface area contributed by atoms with Crippen LogP contribution in [-0.4, -0.2) is 17.5 Å². The van der Waals surface area contributed by atoms with Crippen LogP contribution in [0.5, 0.6) is 11.5 Å². The van der Waals surface area contributed by atoms with Crippen LogP contribution in [0.25, 0.3) is 10.8 Å². The van der Waals surface area contributed by atoms with Crippen molar-refractivity contribution in [3.8, 4) is 11.5 Å². The Morgan fingerprint density at radius 2 is 1.17 bits per heavy atom. The third-order valence-corrected chi connectivity index (χ3v) is 5.21. The van der Waals surface area contributed by atoms with Crippen LogP contribution in [0.2, 0.25) is 0 Å². The minimum Gasteiger partial charge on any atom is -0.419 e. The second-order valence-corrected chi connectivity index (χ2v) is 9.10. The Balaban J connectivity index is 0.00000342. The van der Waals surface area contributed by atoms with Gasteiger partial charge in [-0.1, -0.05) is 48.5 Å². The SMILES string of the molecule is CC(C)(C)NCc1ccc2cc(OC(=O)c3ccccc3)c(OC(=O)c3ccccc3)cc2c1.Cl. The number of carbonyl (C=O) groups excluding carboxylic acids is 2. The number of nitrogens with one attached hydrogen (secondary N) is 1. The third kappa shape index (κ3) is 6.92. The van der Waals surface area contributed by atoms with E-state index in [1.165, 1.54) is 0 Å². The molecule has 1 N–H and O–H groups in total. The Bertz CT molecular complexity index is 1320. The molecule has 0 fully saturated rings. The van der Waals surface area contributed by atoms with Gasteiger partial charge in [-0.25, -0.2) is 9.59 Å². The van der Waals surface area contributed by atoms with Crippen LogP contribution in [0.3, 0.4) is 0 Å². The van der Waals surface area contributed by atoms with Gasteiger partial charge in [-0.2, -0.15) is 0 Å². The number of halogens is 1. The highest BCUT2D eigenvalue weighted by Crippen LogP contribution is 2.34. The fourth-order valence-electron chi connectivity index (χ4n) is 3.41. The lowest BCUT2D eigenvalue weighted by molar-refractivity contribution is 0.0683. The number of benzene rings is 4. The number of hydrogen-bond donors (Lipinski definition) is 1. The van der Waals surface area contributed by atoms with Crippen LogP contribution < -0.4 is 14.8 Å². The quantitative estimate of drug-likeness (QED) is 0.244. The van der Waals surface area contributed by atoms with Crippen LogP contribution in [0, 0.1) is 0 Å². The molecule has 4 aromatic rings. The second kappa shape index (κ2) is 11.2. The molecule has 0 unspecified atom stereocenters. The van der Waals surface area contributed by atoms with Crippen LogP contribution in [0.4, 0.5) is 0 Å². The summed E-state index contributed by atoms with van der Waals surface area (Å²) in [5, 5.41) is 5.22. The van der Waals surface area contributed by atoms with Gasteiger partial charge in [0.2, 0.25) is 0 Å². The highest BCUT2D eigenvalue weighted by molar-refractivity contribution is 5.95. The zero-order valence-corrected chi connectivity index (χ0v) is 20.7. The van der Waals surface area contributed by atoms with Crippen LogP contribution in [0.1, 0.15) is 47.1 Å². The number of ether oxygens (including phenoxy) is 2. The van der Waals surface area contributed by atoms with Crippen molar-refractivity contribution in [2.75, 3.05) is 0 Å². The van der Waals surface area contributed by atoms with Crippen molar-refractivity contribution in [3.63, 3.8) is 0 Å². The average Bonchev–Trinajstić information content (AvgIpc) is 2.83. The fourth-order valence-corrected chi connectivity index (χ4v) is 3.41. The van der Waals surface area contributed by atoms with Gasteiger partial charge in [-0.15, -0.1) is 12.4 Å². The molecule has 0 spiro atoms. The fraction of sp³-hybridized carbons (Fsp3) is 0.172. The molecule has 6 heteroatoms. The molecule has 35 heavy (non-hydrogen) atoms. The Morgan fingerprint density at radius 3 is 1.66 bits per heavy atom. The molecule has 0 aliphatic carbocycles. The normalized spacial score (nSPS) is 10.9. The van der Waals surface area contributed by atoms with E-state index in [2.05, 4.69) is 26.1 Å². The summed E-state index contributed by atoms with van der Waals surface area (Å²) in [5.41, 5.74) is 1.90. The van der Waals surface area contributed by atoms with Crippen molar-refractivity contribution in [2.45, 2.75) is 32.9 Å². The van der Waals surface area contributed by atoms with Crippen LogP contribution in [-0.2, 0) is 6.54 Å². The van der Waals surface area contributed by atoms with E-state index in [-0.39, 0.29) is 29.4 Å². The van der Waals surface area contributed by atoms with Crippen molar-refractivity contribution >= 4 is 35.1 Å². The molecule has 0 saturated carbocycles. The second-order valence-electron chi connectivity index (χ2n) is 9.10. The van der Waals surface area contributed by atoms with E-state index in [9.17, 15) is 9.59 Å². The monoisotopic (exact) mass is 489 g/mol. The van der Waals surface area contributed by atoms with Crippen molar-refractivity contribution in [2.24, 2.45) is 0 Å². The van der Waals surface area contributed by atoms with Gasteiger partial charge in [-0.3, -0.25) is 0 Å². The van der Waals surface area contributed by atoms with Crippen molar-refractivity contribution in [1.29, 1.82) is 0 Å². The Morgan fingerprint density at radius 1 is 0.686 bits per heavy atom. The number of hydrogen-bond acceptors (Lipinski definition) is 5. The first kappa shape index (κ1) is 25.9. The van der Waals surface area contributed by atoms with Crippen molar-refractivity contribution < 1.29 is 19.1 Å². The summed E-state index contributed by atoms with van der Waals surface area (Å²) in [6.45, 7) is 7.04. The zero-order valence-electron chi connectivity index (χ0n) is 19.9. The van der Waals surface area contributed by atoms with Gasteiger partial charge in [-0.05, 0) is 79.6 Å². The third-order valence-electron chi connectivity index (χ3n) is 5.21. The lowest BCUT2D eigenvalue weighted by Crippen LogP contribution is -2.35. The van der Waals surface area contributed by atoms with E-state index in [0.717, 1.165) is 16.3 Å². The average molecular weight is 490 g/mol. The maximum atomic E-state index is 12.8. The topological polar surface area (TPSA) is 64.6 Å². The molecule has 0 radical (unpaired) electrons. The largest absolute Gasteiger partial charge is 0.419 e. The first-order chi connectivity index (χ1) is 16.3. The molecule has 0 bridgehead atoms. The number of fused-ring (bicyclic) bond motifs is 1. The van der Waals surface area contributed by atoms with Gasteiger partial charge in [0.05, 0.1) is 11.1 Å². The zero-order chi connectivity index (χ0) is 24.1. The Kier molecular flexibility index (Phi) is 8.28. The minimum atomic E-state index is -0.525. The van der Waals surface area contributed by atoms with Crippen LogP contribution in [0.15, 0.2) is 91.0 Å². The minimum absolute atomic E-state index is 0. The summed E-state index contributed by atoms with van der Waals surface area (Å²) < 4.78 is 11.4. The molecular weight excluding hydrogens is 462 g/mol. The molecule has 0 heterocycles. The van der Waals surface area contributed by atoms with Gasteiger partial charge in [0.25, 0.3) is 0 Å². The highest BCUT2D eigenvalue weighted by Gasteiger charge is 2.18. The molecule has 4 aromatic carbocycles. The number of carbonyl (C=O) groups is 2. The van der Waals surface area contributed by atoms with Gasteiger partial charge >= 0.3 is 11.9 Å². The van der Waals surface area contributed by atoms with Crippen molar-refractivity contribution in [1.82, 2.24) is 5.32 Å². The molecule has 0 amide bonds. The number of esters is 2. The lowest BCUT2D eigenvalue weighted by Gasteiger charge is -2.20. The molecular formula is C29H28ClNO4. The van der Waals surface area contributed by atoms with Gasteiger partial charge in [0.1, 0.15) is 0 Å². The van der Waals surface area contributed by atoms with Crippen LogP contribution >= 0.6 is 12.4 Å². The number of rotatable bonds is 6. The standard InChI is InChI=1S/C29H27NO4.ClH/c1-29(2,3)30-19-20-14-15-23-17-25(33-27(31)21-10-6-4-7-11-21)26(18-24(23)16-20)34-28(32)22-12-8-5-9-13-22;/h4-18,30H,19H2,1-3H3;1H. The molecule has 180 valence electrons. The van der Waals surface area contributed by atoms with E-state index in [4.69, 9.17) is 9.47 Å². The smallest absolute Gasteiger partial charge is 0.343 e. The lowest BCUT2D eigenvalue weighted by atomic mass is 10.0. The first-order valence-corrected chi connectivity index (χ1v) is 11.1. The highest BCUT2D eigenvalue weighted by atomic mass is 35.5. The molecule has 0 aliphatic heterocycles. The first-order valence-electron chi connectivity index (χ1n) is 11.1. The summed E-state index contributed by atoms with van der Waals surface area (Å²) in [4.78, 5) is 25.5. The molecule has 0 atom stereocenters. The molecule has 5 nitrogen and oxygen atoms in total. The molecule has 0 saturated heterocycles. The predicted octanol–water partition coefficient (Wildman–Crippen LogP) is 6.59.